The number of thioether (sulfide) groups is 1. The number of rotatable bonds is 4. The molecule has 1 aromatic carbocycles. The number of hydrogen-bond donors (Lipinski definition) is 2. The second kappa shape index (κ2) is 6.60. The largest absolute Gasteiger partial charge is 0.465 e. The van der Waals surface area contributed by atoms with Crippen LogP contribution in [0.3, 0.4) is 0 Å². The van der Waals surface area contributed by atoms with Crippen molar-refractivity contribution in [2.24, 2.45) is 0 Å². The molecular weight excluding hydrogens is 284 g/mol. The van der Waals surface area contributed by atoms with E-state index in [9.17, 15) is 4.79 Å². The maximum absolute atomic E-state index is 11.0. The number of carboxylic acid groups (broad SMARTS) is 1. The molecule has 0 saturated heterocycles. The zero-order valence-corrected chi connectivity index (χ0v) is 14.5. The van der Waals surface area contributed by atoms with Crippen LogP contribution in [0.4, 0.5) is 10.5 Å². The van der Waals surface area contributed by atoms with E-state index in [1.165, 1.54) is 4.90 Å². The Balaban J connectivity index is 3.29. The first-order chi connectivity index (χ1) is 9.52. The molecular formula is C16H26N2O2S. The Morgan fingerprint density at radius 3 is 2.38 bits per heavy atom. The molecule has 1 rings (SSSR count). The number of carbonyl (C=O) groups is 1. The van der Waals surface area contributed by atoms with Crippen molar-refractivity contribution >= 4 is 23.5 Å². The van der Waals surface area contributed by atoms with Gasteiger partial charge in [-0.05, 0) is 28.7 Å². The molecule has 4 nitrogen and oxygen atoms in total. The van der Waals surface area contributed by atoms with Crippen LogP contribution in [0.2, 0.25) is 0 Å². The lowest BCUT2D eigenvalue weighted by Gasteiger charge is -2.25. The molecule has 0 radical (unpaired) electrons. The lowest BCUT2D eigenvalue weighted by molar-refractivity contribution is 0.153. The molecule has 3 N–H and O–H groups in total. The maximum atomic E-state index is 11.0. The molecule has 0 aliphatic carbocycles. The molecule has 118 valence electrons. The molecule has 0 heterocycles. The fraction of sp³-hybridized carbons (Fsp3) is 0.562. The summed E-state index contributed by atoms with van der Waals surface area (Å²) < 4.78 is 0. The number of hydrogen-bond acceptors (Lipinski definition) is 3. The van der Waals surface area contributed by atoms with Crippen molar-refractivity contribution in [3.63, 3.8) is 0 Å². The summed E-state index contributed by atoms with van der Waals surface area (Å²) >= 11 is 1.74. The van der Waals surface area contributed by atoms with Crippen LogP contribution in [-0.4, -0.2) is 28.4 Å². The number of amides is 1. The first-order valence-corrected chi connectivity index (χ1v) is 7.94. The van der Waals surface area contributed by atoms with Crippen LogP contribution in [0, 0.1) is 0 Å². The number of benzene rings is 1. The number of anilines is 1. The molecule has 0 atom stereocenters. The fourth-order valence-corrected chi connectivity index (χ4v) is 3.07. The van der Waals surface area contributed by atoms with Gasteiger partial charge in [-0.15, -0.1) is 11.8 Å². The number of nitrogens with zero attached hydrogens (tertiary/aromatic N) is 1. The standard InChI is InChI=1S/C16H26N2O2S/c1-10(2)21-14-8-12(16(3,4)5)13(17)7-11(14)9-18(6)15(19)20/h7-8,10H,9,17H2,1-6H3,(H,19,20). The first-order valence-electron chi connectivity index (χ1n) is 7.06. The van der Waals surface area contributed by atoms with Crippen molar-refractivity contribution in [2.45, 2.75) is 56.7 Å². The van der Waals surface area contributed by atoms with Crippen molar-refractivity contribution in [2.75, 3.05) is 12.8 Å². The van der Waals surface area contributed by atoms with Gasteiger partial charge in [0.05, 0.1) is 0 Å². The van der Waals surface area contributed by atoms with Crippen LogP contribution in [-0.2, 0) is 12.0 Å². The van der Waals surface area contributed by atoms with Crippen molar-refractivity contribution in [3.8, 4) is 0 Å². The second-order valence-electron chi connectivity index (χ2n) is 6.60. The molecule has 1 aromatic rings. The van der Waals surface area contributed by atoms with Crippen molar-refractivity contribution in [1.29, 1.82) is 0 Å². The highest BCUT2D eigenvalue weighted by molar-refractivity contribution is 8.00. The van der Waals surface area contributed by atoms with Gasteiger partial charge in [0.15, 0.2) is 0 Å². The summed E-state index contributed by atoms with van der Waals surface area (Å²) in [5, 5.41) is 9.48. The molecule has 0 aromatic heterocycles. The van der Waals surface area contributed by atoms with E-state index < -0.39 is 6.09 Å². The molecule has 0 aliphatic rings. The van der Waals surface area contributed by atoms with Gasteiger partial charge in [0.1, 0.15) is 0 Å². The monoisotopic (exact) mass is 310 g/mol. The van der Waals surface area contributed by atoms with E-state index in [-0.39, 0.29) is 5.41 Å². The van der Waals surface area contributed by atoms with Crippen LogP contribution in [0.25, 0.3) is 0 Å². The summed E-state index contributed by atoms with van der Waals surface area (Å²) in [6.07, 6.45) is -0.936. The smallest absolute Gasteiger partial charge is 0.407 e. The Kier molecular flexibility index (Phi) is 5.56. The molecule has 0 saturated carbocycles. The van der Waals surface area contributed by atoms with E-state index in [2.05, 4.69) is 40.7 Å². The molecule has 1 amide bonds. The van der Waals surface area contributed by atoms with Crippen LogP contribution in [0.5, 0.6) is 0 Å². The Hall–Kier alpha value is -1.36. The average Bonchev–Trinajstić information content (AvgIpc) is 2.30. The van der Waals surface area contributed by atoms with Crippen LogP contribution in [0.15, 0.2) is 17.0 Å². The van der Waals surface area contributed by atoms with Crippen molar-refractivity contribution in [3.05, 3.63) is 23.3 Å². The topological polar surface area (TPSA) is 66.6 Å². The molecule has 21 heavy (non-hydrogen) atoms. The second-order valence-corrected chi connectivity index (χ2v) is 8.22. The Morgan fingerprint density at radius 2 is 1.95 bits per heavy atom. The van der Waals surface area contributed by atoms with Gasteiger partial charge in [0.2, 0.25) is 0 Å². The number of nitrogens with two attached hydrogens (primary N) is 1. The van der Waals surface area contributed by atoms with Crippen molar-refractivity contribution in [1.82, 2.24) is 4.90 Å². The molecule has 0 bridgehead atoms. The zero-order valence-electron chi connectivity index (χ0n) is 13.7. The summed E-state index contributed by atoms with van der Waals surface area (Å²) in [5.74, 6) is 0. The Bertz CT molecular complexity index is 522. The normalized spacial score (nSPS) is 11.8. The maximum Gasteiger partial charge on any atom is 0.407 e. The molecule has 5 heteroatoms. The summed E-state index contributed by atoms with van der Waals surface area (Å²) in [5.41, 5.74) is 8.94. The van der Waals surface area contributed by atoms with Crippen LogP contribution >= 0.6 is 11.8 Å². The van der Waals surface area contributed by atoms with Crippen molar-refractivity contribution < 1.29 is 9.90 Å². The van der Waals surface area contributed by atoms with Crippen LogP contribution < -0.4 is 5.73 Å². The molecule has 0 aliphatic heterocycles. The van der Waals surface area contributed by atoms with Gasteiger partial charge in [-0.3, -0.25) is 0 Å². The molecule has 0 spiro atoms. The Morgan fingerprint density at radius 1 is 1.38 bits per heavy atom. The zero-order chi connectivity index (χ0) is 16.4. The summed E-state index contributed by atoms with van der Waals surface area (Å²) in [6, 6.07) is 4.04. The van der Waals surface area contributed by atoms with E-state index in [1.807, 2.05) is 6.07 Å². The third-order valence-corrected chi connectivity index (χ3v) is 4.24. The fourth-order valence-electron chi connectivity index (χ4n) is 2.10. The summed E-state index contributed by atoms with van der Waals surface area (Å²) in [6.45, 7) is 11.0. The summed E-state index contributed by atoms with van der Waals surface area (Å²) in [7, 11) is 1.57. The minimum absolute atomic E-state index is 0.0341. The van der Waals surface area contributed by atoms with Gasteiger partial charge in [0, 0.05) is 29.4 Å². The summed E-state index contributed by atoms with van der Waals surface area (Å²) in [4.78, 5) is 13.4. The quantitative estimate of drug-likeness (QED) is 0.647. The predicted molar refractivity (Wildman–Crippen MR) is 90.0 cm³/mol. The van der Waals surface area contributed by atoms with E-state index in [0.29, 0.717) is 11.8 Å². The predicted octanol–water partition coefficient (Wildman–Crippen LogP) is 4.18. The van der Waals surface area contributed by atoms with Gasteiger partial charge in [-0.25, -0.2) is 4.79 Å². The number of nitrogen functional groups attached to an aromatic ring is 1. The first kappa shape index (κ1) is 17.7. The van der Waals surface area contributed by atoms with E-state index in [0.717, 1.165) is 21.7 Å². The van der Waals surface area contributed by atoms with Gasteiger partial charge in [-0.1, -0.05) is 34.6 Å². The van der Waals surface area contributed by atoms with E-state index >= 15 is 0 Å². The third-order valence-electron chi connectivity index (χ3n) is 3.14. The van der Waals surface area contributed by atoms with Gasteiger partial charge < -0.3 is 15.7 Å². The highest BCUT2D eigenvalue weighted by Gasteiger charge is 2.21. The lowest BCUT2D eigenvalue weighted by Crippen LogP contribution is -2.24. The SMILES string of the molecule is CC(C)Sc1cc(C(C)(C)C)c(N)cc1CN(C)C(=O)O. The lowest BCUT2D eigenvalue weighted by atomic mass is 9.85. The molecule has 0 fully saturated rings. The van der Waals surface area contributed by atoms with E-state index in [4.69, 9.17) is 10.8 Å². The Labute approximate surface area is 131 Å². The van der Waals surface area contributed by atoms with Gasteiger partial charge in [0.25, 0.3) is 0 Å². The minimum atomic E-state index is -0.936. The van der Waals surface area contributed by atoms with E-state index in [1.54, 1.807) is 18.8 Å². The highest BCUT2D eigenvalue weighted by Crippen LogP contribution is 2.36. The molecule has 0 unspecified atom stereocenters. The third kappa shape index (κ3) is 4.84. The van der Waals surface area contributed by atoms with Gasteiger partial charge in [-0.2, -0.15) is 0 Å². The average molecular weight is 310 g/mol. The highest BCUT2D eigenvalue weighted by atomic mass is 32.2. The van der Waals surface area contributed by atoms with Crippen LogP contribution in [0.1, 0.15) is 45.7 Å². The minimum Gasteiger partial charge on any atom is -0.465 e. The van der Waals surface area contributed by atoms with Gasteiger partial charge >= 0.3 is 6.09 Å².